The molecule has 0 unspecified atom stereocenters. The van der Waals surface area contributed by atoms with E-state index >= 15 is 0 Å². The number of aryl methyl sites for hydroxylation is 1. The molecule has 0 aromatic heterocycles. The molecule has 2 nitrogen and oxygen atoms in total. The third-order valence-corrected chi connectivity index (χ3v) is 4.69. The molecule has 128 valence electrons. The highest BCUT2D eigenvalue weighted by molar-refractivity contribution is 9.10. The molecule has 3 aromatic rings. The zero-order chi connectivity index (χ0) is 17.6. The second-order valence-corrected chi connectivity index (χ2v) is 7.22. The number of hydrogen-bond donors (Lipinski definition) is 1. The maximum atomic E-state index is 6.05. The van der Waals surface area contributed by atoms with Crippen LogP contribution in [0.2, 0.25) is 5.02 Å². The van der Waals surface area contributed by atoms with Crippen molar-refractivity contribution in [2.24, 2.45) is 0 Å². The van der Waals surface area contributed by atoms with Gasteiger partial charge in [0.15, 0.2) is 0 Å². The minimum atomic E-state index is 0.562. The molecule has 0 heterocycles. The van der Waals surface area contributed by atoms with E-state index in [1.807, 2.05) is 42.5 Å². The average molecular weight is 417 g/mol. The largest absolute Gasteiger partial charge is 0.489 e. The van der Waals surface area contributed by atoms with E-state index in [0.717, 1.165) is 33.0 Å². The van der Waals surface area contributed by atoms with Crippen LogP contribution < -0.4 is 10.1 Å². The molecular weight excluding hydrogens is 398 g/mol. The van der Waals surface area contributed by atoms with Gasteiger partial charge in [-0.15, -0.1) is 0 Å². The van der Waals surface area contributed by atoms with Crippen LogP contribution in [0.1, 0.15) is 16.7 Å². The number of halogens is 2. The fourth-order valence-electron chi connectivity index (χ4n) is 2.43. The van der Waals surface area contributed by atoms with Crippen molar-refractivity contribution < 1.29 is 4.74 Å². The van der Waals surface area contributed by atoms with Gasteiger partial charge < -0.3 is 10.1 Å². The van der Waals surface area contributed by atoms with Crippen LogP contribution in [0, 0.1) is 6.92 Å². The van der Waals surface area contributed by atoms with Gasteiger partial charge in [-0.2, -0.15) is 0 Å². The maximum absolute atomic E-state index is 6.05. The first kappa shape index (κ1) is 17.8. The number of anilines is 1. The van der Waals surface area contributed by atoms with Crippen molar-refractivity contribution in [3.63, 3.8) is 0 Å². The Labute approximate surface area is 161 Å². The first-order chi connectivity index (χ1) is 12.1. The van der Waals surface area contributed by atoms with E-state index < -0.39 is 0 Å². The number of rotatable bonds is 6. The van der Waals surface area contributed by atoms with Crippen molar-refractivity contribution in [2.75, 3.05) is 5.32 Å². The Balaban J connectivity index is 1.55. The molecule has 0 fully saturated rings. The fourth-order valence-corrected chi connectivity index (χ4v) is 2.87. The highest BCUT2D eigenvalue weighted by Crippen LogP contribution is 2.21. The summed E-state index contributed by atoms with van der Waals surface area (Å²) in [5.41, 5.74) is 4.57. The Bertz CT molecular complexity index is 832. The lowest BCUT2D eigenvalue weighted by Gasteiger charge is -2.11. The van der Waals surface area contributed by atoms with E-state index in [1.165, 1.54) is 11.1 Å². The van der Waals surface area contributed by atoms with Gasteiger partial charge in [0.05, 0.1) is 0 Å². The molecule has 0 spiro atoms. The molecule has 4 heteroatoms. The van der Waals surface area contributed by atoms with Crippen molar-refractivity contribution in [3.8, 4) is 5.75 Å². The SMILES string of the molecule is Cc1ccc(Cl)cc1NCc1ccc(OCc2ccc(Br)cc2)cc1. The Morgan fingerprint density at radius 3 is 2.32 bits per heavy atom. The molecule has 0 radical (unpaired) electrons. The second-order valence-electron chi connectivity index (χ2n) is 5.87. The molecule has 0 amide bonds. The van der Waals surface area contributed by atoms with E-state index in [-0.39, 0.29) is 0 Å². The van der Waals surface area contributed by atoms with Gasteiger partial charge in [-0.1, -0.05) is 57.9 Å². The topological polar surface area (TPSA) is 21.3 Å². The van der Waals surface area contributed by atoms with Crippen molar-refractivity contribution in [1.29, 1.82) is 0 Å². The molecular formula is C21H19BrClNO. The van der Waals surface area contributed by atoms with Crippen LogP contribution in [-0.4, -0.2) is 0 Å². The van der Waals surface area contributed by atoms with E-state index in [4.69, 9.17) is 16.3 Å². The zero-order valence-electron chi connectivity index (χ0n) is 13.9. The van der Waals surface area contributed by atoms with Gasteiger partial charge in [-0.3, -0.25) is 0 Å². The summed E-state index contributed by atoms with van der Waals surface area (Å²) in [6, 6.07) is 22.2. The first-order valence-corrected chi connectivity index (χ1v) is 9.23. The van der Waals surface area contributed by atoms with Gasteiger partial charge in [0.25, 0.3) is 0 Å². The van der Waals surface area contributed by atoms with Crippen LogP contribution >= 0.6 is 27.5 Å². The van der Waals surface area contributed by atoms with Crippen LogP contribution in [0.25, 0.3) is 0 Å². The predicted octanol–water partition coefficient (Wildman–Crippen LogP) is 6.60. The van der Waals surface area contributed by atoms with Gasteiger partial charge in [0.2, 0.25) is 0 Å². The quantitative estimate of drug-likeness (QED) is 0.488. The van der Waals surface area contributed by atoms with Gasteiger partial charge in [-0.05, 0) is 60.0 Å². The molecule has 0 saturated carbocycles. The van der Waals surface area contributed by atoms with E-state index in [2.05, 4.69) is 52.4 Å². The third kappa shape index (κ3) is 5.25. The Morgan fingerprint density at radius 2 is 1.60 bits per heavy atom. The minimum absolute atomic E-state index is 0.562. The number of ether oxygens (including phenoxy) is 1. The second kappa shape index (κ2) is 8.41. The van der Waals surface area contributed by atoms with Crippen LogP contribution in [-0.2, 0) is 13.2 Å². The van der Waals surface area contributed by atoms with Gasteiger partial charge in [-0.25, -0.2) is 0 Å². The molecule has 0 saturated heterocycles. The Kier molecular flexibility index (Phi) is 6.00. The normalized spacial score (nSPS) is 10.5. The van der Waals surface area contributed by atoms with Gasteiger partial charge in [0, 0.05) is 21.7 Å². The summed E-state index contributed by atoms with van der Waals surface area (Å²) < 4.78 is 6.90. The van der Waals surface area contributed by atoms with Crippen molar-refractivity contribution >= 4 is 33.2 Å². The summed E-state index contributed by atoms with van der Waals surface area (Å²) in [5, 5.41) is 4.16. The van der Waals surface area contributed by atoms with E-state index in [0.29, 0.717) is 6.61 Å². The summed E-state index contributed by atoms with van der Waals surface area (Å²) >= 11 is 9.49. The Morgan fingerprint density at radius 1 is 0.920 bits per heavy atom. The maximum Gasteiger partial charge on any atom is 0.119 e. The third-order valence-electron chi connectivity index (χ3n) is 3.92. The van der Waals surface area contributed by atoms with Crippen LogP contribution in [0.5, 0.6) is 5.75 Å². The Hall–Kier alpha value is -1.97. The predicted molar refractivity (Wildman–Crippen MR) is 108 cm³/mol. The first-order valence-electron chi connectivity index (χ1n) is 8.06. The van der Waals surface area contributed by atoms with Crippen LogP contribution in [0.4, 0.5) is 5.69 Å². The van der Waals surface area contributed by atoms with Crippen LogP contribution in [0.15, 0.2) is 71.2 Å². The van der Waals surface area contributed by atoms with Crippen molar-refractivity contribution in [2.45, 2.75) is 20.1 Å². The molecule has 0 aliphatic rings. The molecule has 0 bridgehead atoms. The summed E-state index contributed by atoms with van der Waals surface area (Å²) in [6.07, 6.45) is 0. The monoisotopic (exact) mass is 415 g/mol. The molecule has 0 aliphatic carbocycles. The smallest absolute Gasteiger partial charge is 0.119 e. The van der Waals surface area contributed by atoms with Gasteiger partial charge in [0.1, 0.15) is 12.4 Å². The fraction of sp³-hybridized carbons (Fsp3) is 0.143. The van der Waals surface area contributed by atoms with Crippen molar-refractivity contribution in [3.05, 3.63) is 92.9 Å². The van der Waals surface area contributed by atoms with E-state index in [1.54, 1.807) is 0 Å². The molecule has 3 aromatic carbocycles. The number of hydrogen-bond acceptors (Lipinski definition) is 2. The minimum Gasteiger partial charge on any atom is -0.489 e. The molecule has 25 heavy (non-hydrogen) atoms. The number of benzene rings is 3. The van der Waals surface area contributed by atoms with E-state index in [9.17, 15) is 0 Å². The lowest BCUT2D eigenvalue weighted by molar-refractivity contribution is 0.306. The summed E-state index contributed by atoms with van der Waals surface area (Å²) in [7, 11) is 0. The summed E-state index contributed by atoms with van der Waals surface area (Å²) in [4.78, 5) is 0. The van der Waals surface area contributed by atoms with Gasteiger partial charge >= 0.3 is 0 Å². The molecule has 0 aliphatic heterocycles. The highest BCUT2D eigenvalue weighted by Gasteiger charge is 2.01. The standard InChI is InChI=1S/C21H19BrClNO/c1-15-2-9-19(23)12-21(15)24-13-16-5-10-20(11-6-16)25-14-17-3-7-18(22)8-4-17/h2-12,24H,13-14H2,1H3. The molecule has 3 rings (SSSR count). The zero-order valence-corrected chi connectivity index (χ0v) is 16.3. The lowest BCUT2D eigenvalue weighted by atomic mass is 10.1. The molecule has 0 atom stereocenters. The van der Waals surface area contributed by atoms with Crippen molar-refractivity contribution in [1.82, 2.24) is 0 Å². The summed E-state index contributed by atoms with van der Waals surface area (Å²) in [6.45, 7) is 3.37. The molecule has 1 N–H and O–H groups in total. The number of nitrogens with one attached hydrogen (secondary N) is 1. The lowest BCUT2D eigenvalue weighted by Crippen LogP contribution is -2.01. The summed E-state index contributed by atoms with van der Waals surface area (Å²) in [5.74, 6) is 0.866. The van der Waals surface area contributed by atoms with Crippen LogP contribution in [0.3, 0.4) is 0 Å². The average Bonchev–Trinajstić information content (AvgIpc) is 2.63. The highest BCUT2D eigenvalue weighted by atomic mass is 79.9.